The molecule has 0 aliphatic carbocycles. The molecule has 2 aliphatic rings. The number of halogens is 3. The standard InChI is InChI=1S/C14H15F3N4O3/c15-14(16,17)12(23)21(18)11(22)10-5-13(6-19-7-20-13)8-3-1-2-4-9(8)24-10/h1-4,10,19-20H,5-7,18H2. The largest absolute Gasteiger partial charge is 0.480 e. The van der Waals surface area contributed by atoms with E-state index in [1.54, 1.807) is 18.2 Å². The summed E-state index contributed by atoms with van der Waals surface area (Å²) < 4.78 is 42.9. The van der Waals surface area contributed by atoms with E-state index in [1.165, 1.54) is 0 Å². The number of carbonyl (C=O) groups is 2. The minimum Gasteiger partial charge on any atom is -0.480 e. The van der Waals surface area contributed by atoms with Gasteiger partial charge in [-0.25, -0.2) is 10.9 Å². The predicted octanol–water partition coefficient (Wildman–Crippen LogP) is -0.0255. The van der Waals surface area contributed by atoms with Gasteiger partial charge in [-0.2, -0.15) is 13.2 Å². The van der Waals surface area contributed by atoms with Crippen LogP contribution in [0.4, 0.5) is 13.2 Å². The second kappa shape index (κ2) is 5.72. The van der Waals surface area contributed by atoms with Gasteiger partial charge in [-0.3, -0.25) is 14.9 Å². The van der Waals surface area contributed by atoms with Crippen molar-refractivity contribution >= 4 is 11.8 Å². The summed E-state index contributed by atoms with van der Waals surface area (Å²) >= 11 is 0. The number of nitrogens with zero attached hydrogens (tertiary/aromatic N) is 1. The van der Waals surface area contributed by atoms with Crippen LogP contribution in [0.1, 0.15) is 12.0 Å². The Morgan fingerprint density at radius 2 is 2.04 bits per heavy atom. The molecule has 3 rings (SSSR count). The summed E-state index contributed by atoms with van der Waals surface area (Å²) in [6.45, 7) is 0.942. The van der Waals surface area contributed by atoms with Gasteiger partial charge in [-0.15, -0.1) is 0 Å². The minimum atomic E-state index is -5.23. The van der Waals surface area contributed by atoms with Crippen LogP contribution in [0.2, 0.25) is 0 Å². The van der Waals surface area contributed by atoms with Crippen LogP contribution in [0, 0.1) is 0 Å². The summed E-state index contributed by atoms with van der Waals surface area (Å²) in [4.78, 5) is 23.4. The molecule has 24 heavy (non-hydrogen) atoms. The number of carbonyl (C=O) groups excluding carboxylic acids is 2. The number of ether oxygens (including phenoxy) is 1. The number of amides is 2. The van der Waals surface area contributed by atoms with Gasteiger partial charge >= 0.3 is 12.1 Å². The maximum atomic E-state index is 12.5. The number of fused-ring (bicyclic) bond motifs is 2. The summed E-state index contributed by atoms with van der Waals surface area (Å²) in [7, 11) is 0. The van der Waals surface area contributed by atoms with E-state index in [-0.39, 0.29) is 6.42 Å². The SMILES string of the molecule is NN(C(=O)C1CC2(CNCN2)c2ccccc2O1)C(=O)C(F)(F)F. The van der Waals surface area contributed by atoms with Crippen molar-refractivity contribution in [3.05, 3.63) is 29.8 Å². The van der Waals surface area contributed by atoms with Crippen LogP contribution < -0.4 is 21.2 Å². The lowest BCUT2D eigenvalue weighted by molar-refractivity contribution is -0.189. The maximum Gasteiger partial charge on any atom is 0.473 e. The average Bonchev–Trinajstić information content (AvgIpc) is 3.01. The molecular weight excluding hydrogens is 329 g/mol. The van der Waals surface area contributed by atoms with Crippen LogP contribution >= 0.6 is 0 Å². The number of imide groups is 1. The fourth-order valence-corrected chi connectivity index (χ4v) is 3.02. The molecule has 2 heterocycles. The molecule has 0 aromatic heterocycles. The summed E-state index contributed by atoms with van der Waals surface area (Å²) in [5, 5.41) is 5.87. The topological polar surface area (TPSA) is 96.7 Å². The highest BCUT2D eigenvalue weighted by molar-refractivity contribution is 5.99. The maximum absolute atomic E-state index is 12.5. The number of nitrogens with one attached hydrogen (secondary N) is 2. The molecule has 1 fully saturated rings. The van der Waals surface area contributed by atoms with Crippen molar-refractivity contribution in [1.29, 1.82) is 0 Å². The molecule has 1 saturated heterocycles. The normalized spacial score (nSPS) is 25.9. The molecule has 2 atom stereocenters. The van der Waals surface area contributed by atoms with E-state index in [2.05, 4.69) is 10.6 Å². The van der Waals surface area contributed by atoms with E-state index in [4.69, 9.17) is 10.6 Å². The number of benzene rings is 1. The summed E-state index contributed by atoms with van der Waals surface area (Å²) in [5.74, 6) is 1.78. The Morgan fingerprint density at radius 3 is 2.67 bits per heavy atom. The summed E-state index contributed by atoms with van der Waals surface area (Å²) in [6, 6.07) is 6.91. The molecule has 1 aromatic rings. The molecule has 2 amide bonds. The van der Waals surface area contributed by atoms with E-state index in [0.717, 1.165) is 5.56 Å². The number of hydrazine groups is 1. The fourth-order valence-electron chi connectivity index (χ4n) is 3.02. The Kier molecular flexibility index (Phi) is 3.98. The monoisotopic (exact) mass is 344 g/mol. The Labute approximate surface area is 134 Å². The van der Waals surface area contributed by atoms with Gasteiger partial charge in [0.25, 0.3) is 5.91 Å². The zero-order valence-corrected chi connectivity index (χ0v) is 12.4. The second-order valence-corrected chi connectivity index (χ2v) is 5.68. The van der Waals surface area contributed by atoms with Crippen molar-refractivity contribution in [2.75, 3.05) is 13.2 Å². The van der Waals surface area contributed by atoms with Crippen molar-refractivity contribution in [2.24, 2.45) is 5.84 Å². The quantitative estimate of drug-likeness (QED) is 0.376. The lowest BCUT2D eigenvalue weighted by Crippen LogP contribution is -2.57. The molecule has 10 heteroatoms. The summed E-state index contributed by atoms with van der Waals surface area (Å²) in [6.07, 6.45) is -6.49. The van der Waals surface area contributed by atoms with E-state index in [9.17, 15) is 22.8 Å². The number of alkyl halides is 3. The van der Waals surface area contributed by atoms with Gasteiger partial charge in [0.05, 0.1) is 5.54 Å². The molecule has 4 N–H and O–H groups in total. The lowest BCUT2D eigenvalue weighted by atomic mass is 9.82. The highest BCUT2D eigenvalue weighted by Crippen LogP contribution is 2.40. The molecule has 0 radical (unpaired) electrons. The van der Waals surface area contributed by atoms with Crippen molar-refractivity contribution in [2.45, 2.75) is 24.2 Å². The van der Waals surface area contributed by atoms with Crippen LogP contribution in [0.5, 0.6) is 5.75 Å². The minimum absolute atomic E-state index is 0.0503. The molecule has 7 nitrogen and oxygen atoms in total. The van der Waals surface area contributed by atoms with Gasteiger partial charge in [-0.1, -0.05) is 18.2 Å². The average molecular weight is 344 g/mol. The number of para-hydroxylation sites is 1. The van der Waals surface area contributed by atoms with Crippen LogP contribution in [0.15, 0.2) is 24.3 Å². The number of hydrogen-bond donors (Lipinski definition) is 3. The smallest absolute Gasteiger partial charge is 0.473 e. The van der Waals surface area contributed by atoms with Crippen LogP contribution in [-0.2, 0) is 15.1 Å². The number of rotatable bonds is 1. The molecule has 130 valence electrons. The first-order chi connectivity index (χ1) is 11.2. The third-order valence-electron chi connectivity index (χ3n) is 4.16. The van der Waals surface area contributed by atoms with Crippen molar-refractivity contribution in [3.63, 3.8) is 0 Å². The lowest BCUT2D eigenvalue weighted by Gasteiger charge is -2.39. The molecule has 0 saturated carbocycles. The Morgan fingerprint density at radius 1 is 1.33 bits per heavy atom. The van der Waals surface area contributed by atoms with E-state index >= 15 is 0 Å². The van der Waals surface area contributed by atoms with E-state index in [0.29, 0.717) is 19.0 Å². The first-order valence-corrected chi connectivity index (χ1v) is 7.16. The highest BCUT2D eigenvalue weighted by Gasteiger charge is 2.50. The third kappa shape index (κ3) is 2.72. The summed E-state index contributed by atoms with van der Waals surface area (Å²) in [5.41, 5.74) is 0.127. The molecule has 1 spiro atoms. The molecule has 2 unspecified atom stereocenters. The van der Waals surface area contributed by atoms with Crippen molar-refractivity contribution in [3.8, 4) is 5.75 Å². The second-order valence-electron chi connectivity index (χ2n) is 5.68. The Bertz CT molecular complexity index is 673. The first kappa shape index (κ1) is 16.7. The molecule has 0 bridgehead atoms. The van der Waals surface area contributed by atoms with E-state index in [1.807, 2.05) is 6.07 Å². The van der Waals surface area contributed by atoms with Gasteiger partial charge in [0.15, 0.2) is 6.10 Å². The van der Waals surface area contributed by atoms with Gasteiger partial charge < -0.3 is 10.1 Å². The predicted molar refractivity (Wildman–Crippen MR) is 75.3 cm³/mol. The van der Waals surface area contributed by atoms with Crippen LogP contribution in [0.3, 0.4) is 0 Å². The zero-order chi connectivity index (χ0) is 17.5. The molecule has 2 aliphatic heterocycles. The van der Waals surface area contributed by atoms with E-state index < -0.39 is 34.6 Å². The van der Waals surface area contributed by atoms with Crippen LogP contribution in [0.25, 0.3) is 0 Å². The van der Waals surface area contributed by atoms with Crippen molar-refractivity contribution in [1.82, 2.24) is 15.6 Å². The molecular formula is C14H15F3N4O3. The molecule has 1 aromatic carbocycles. The van der Waals surface area contributed by atoms with Gasteiger partial charge in [0.2, 0.25) is 0 Å². The first-order valence-electron chi connectivity index (χ1n) is 7.16. The number of hydrogen-bond acceptors (Lipinski definition) is 6. The van der Waals surface area contributed by atoms with Crippen LogP contribution in [-0.4, -0.2) is 42.3 Å². The van der Waals surface area contributed by atoms with Crippen molar-refractivity contribution < 1.29 is 27.5 Å². The Balaban J connectivity index is 1.88. The Hall–Kier alpha value is -2.17. The van der Waals surface area contributed by atoms with Gasteiger partial charge in [0.1, 0.15) is 5.75 Å². The third-order valence-corrected chi connectivity index (χ3v) is 4.16. The van der Waals surface area contributed by atoms with Gasteiger partial charge in [-0.05, 0) is 6.07 Å². The fraction of sp³-hybridized carbons (Fsp3) is 0.429. The highest BCUT2D eigenvalue weighted by atomic mass is 19.4. The van der Waals surface area contributed by atoms with Gasteiger partial charge in [0, 0.05) is 25.2 Å². The number of nitrogens with two attached hydrogens (primary N) is 1. The zero-order valence-electron chi connectivity index (χ0n) is 12.4.